The zero-order chi connectivity index (χ0) is 16.2. The summed E-state index contributed by atoms with van der Waals surface area (Å²) in [7, 11) is 0. The summed E-state index contributed by atoms with van der Waals surface area (Å²) in [5.41, 5.74) is 2.68. The first-order chi connectivity index (χ1) is 11.1. The van der Waals surface area contributed by atoms with Crippen molar-refractivity contribution in [1.29, 1.82) is 0 Å². The standard InChI is InChI=1S/C19H17NO2S/c1-14-7-5-6-10-16(14)17(21)11-19-20(18(22)13-23-19)12-15-8-3-2-4-9-15/h2-11H,12-13H2,1H3/b19-11-. The number of thioether (sulfide) groups is 1. The van der Waals surface area contributed by atoms with E-state index in [0.717, 1.165) is 16.2 Å². The number of rotatable bonds is 4. The largest absolute Gasteiger partial charge is 0.301 e. The average Bonchev–Trinajstić information content (AvgIpc) is 2.89. The van der Waals surface area contributed by atoms with Crippen LogP contribution in [0.3, 0.4) is 0 Å². The van der Waals surface area contributed by atoms with Gasteiger partial charge in [0.25, 0.3) is 0 Å². The second-order valence-electron chi connectivity index (χ2n) is 5.42. The lowest BCUT2D eigenvalue weighted by atomic mass is 10.1. The molecule has 0 atom stereocenters. The van der Waals surface area contributed by atoms with Crippen LogP contribution in [0.25, 0.3) is 0 Å². The monoisotopic (exact) mass is 323 g/mol. The van der Waals surface area contributed by atoms with Crippen LogP contribution in [0.5, 0.6) is 0 Å². The number of hydrogen-bond donors (Lipinski definition) is 0. The minimum absolute atomic E-state index is 0.0442. The Morgan fingerprint density at radius 1 is 1.13 bits per heavy atom. The van der Waals surface area contributed by atoms with Crippen molar-refractivity contribution < 1.29 is 9.59 Å². The van der Waals surface area contributed by atoms with Gasteiger partial charge in [0.05, 0.1) is 17.3 Å². The van der Waals surface area contributed by atoms with Gasteiger partial charge in [-0.1, -0.05) is 66.4 Å². The van der Waals surface area contributed by atoms with E-state index >= 15 is 0 Å². The van der Waals surface area contributed by atoms with E-state index in [9.17, 15) is 9.59 Å². The lowest BCUT2D eigenvalue weighted by Gasteiger charge is -2.17. The molecule has 2 aromatic rings. The second kappa shape index (κ2) is 6.84. The molecule has 1 heterocycles. The number of ketones is 1. The first kappa shape index (κ1) is 15.6. The maximum absolute atomic E-state index is 12.5. The fourth-order valence-corrected chi connectivity index (χ4v) is 3.45. The molecule has 23 heavy (non-hydrogen) atoms. The molecule has 1 aliphatic rings. The molecule has 116 valence electrons. The van der Waals surface area contributed by atoms with Crippen LogP contribution in [-0.2, 0) is 11.3 Å². The molecule has 0 radical (unpaired) electrons. The quantitative estimate of drug-likeness (QED) is 0.634. The summed E-state index contributed by atoms with van der Waals surface area (Å²) >= 11 is 1.42. The summed E-state index contributed by atoms with van der Waals surface area (Å²) in [5, 5.41) is 0.729. The SMILES string of the molecule is Cc1ccccc1C(=O)/C=C1\SCC(=O)N1Cc1ccccc1. The van der Waals surface area contributed by atoms with Gasteiger partial charge in [-0.2, -0.15) is 0 Å². The number of hydrogen-bond acceptors (Lipinski definition) is 3. The number of aryl methyl sites for hydroxylation is 1. The molecular weight excluding hydrogens is 306 g/mol. The molecule has 0 spiro atoms. The highest BCUT2D eigenvalue weighted by atomic mass is 32.2. The third kappa shape index (κ3) is 3.54. The predicted molar refractivity (Wildman–Crippen MR) is 93.0 cm³/mol. The fourth-order valence-electron chi connectivity index (χ4n) is 2.51. The van der Waals surface area contributed by atoms with E-state index in [1.54, 1.807) is 11.0 Å². The van der Waals surface area contributed by atoms with E-state index in [0.29, 0.717) is 17.9 Å². The molecule has 1 fully saturated rings. The summed E-state index contributed by atoms with van der Waals surface area (Å²) in [4.78, 5) is 26.3. The van der Waals surface area contributed by atoms with Crippen LogP contribution >= 0.6 is 11.8 Å². The molecule has 0 saturated carbocycles. The molecule has 4 heteroatoms. The molecule has 0 unspecified atom stereocenters. The Hall–Kier alpha value is -2.33. The molecule has 0 bridgehead atoms. The summed E-state index contributed by atoms with van der Waals surface area (Å²) < 4.78 is 0. The van der Waals surface area contributed by atoms with Crippen molar-refractivity contribution in [2.24, 2.45) is 0 Å². The molecule has 0 aliphatic carbocycles. The van der Waals surface area contributed by atoms with Crippen LogP contribution in [0.4, 0.5) is 0 Å². The van der Waals surface area contributed by atoms with Gasteiger partial charge >= 0.3 is 0 Å². The zero-order valence-electron chi connectivity index (χ0n) is 12.9. The van der Waals surface area contributed by atoms with Crippen molar-refractivity contribution >= 4 is 23.5 Å². The third-order valence-corrected chi connectivity index (χ3v) is 4.78. The third-order valence-electron chi connectivity index (χ3n) is 3.76. The van der Waals surface area contributed by atoms with Crippen molar-refractivity contribution in [2.45, 2.75) is 13.5 Å². The van der Waals surface area contributed by atoms with Crippen molar-refractivity contribution in [3.8, 4) is 0 Å². The highest BCUT2D eigenvalue weighted by Crippen LogP contribution is 2.31. The van der Waals surface area contributed by atoms with Gasteiger partial charge in [-0.3, -0.25) is 9.59 Å². The first-order valence-corrected chi connectivity index (χ1v) is 8.42. The number of carbonyl (C=O) groups is 2. The zero-order valence-corrected chi connectivity index (χ0v) is 13.7. The number of nitrogens with zero attached hydrogens (tertiary/aromatic N) is 1. The minimum atomic E-state index is -0.0571. The molecular formula is C19H17NO2S. The molecule has 1 aliphatic heterocycles. The van der Waals surface area contributed by atoms with Gasteiger partial charge in [-0.05, 0) is 18.1 Å². The number of allylic oxidation sites excluding steroid dienone is 1. The van der Waals surface area contributed by atoms with Crippen LogP contribution in [0.2, 0.25) is 0 Å². The molecule has 0 aromatic heterocycles. The summed E-state index contributed by atoms with van der Waals surface area (Å²) in [6.45, 7) is 2.42. The Morgan fingerprint density at radius 3 is 2.57 bits per heavy atom. The van der Waals surface area contributed by atoms with Crippen molar-refractivity contribution in [3.63, 3.8) is 0 Å². The maximum atomic E-state index is 12.5. The van der Waals surface area contributed by atoms with Gasteiger partial charge in [0.15, 0.2) is 5.78 Å². The van der Waals surface area contributed by atoms with Crippen LogP contribution < -0.4 is 0 Å². The van der Waals surface area contributed by atoms with E-state index in [-0.39, 0.29) is 11.7 Å². The Morgan fingerprint density at radius 2 is 1.83 bits per heavy atom. The molecule has 3 rings (SSSR count). The van der Waals surface area contributed by atoms with Gasteiger partial charge in [-0.15, -0.1) is 0 Å². The lowest BCUT2D eigenvalue weighted by molar-refractivity contribution is -0.125. The van der Waals surface area contributed by atoms with Gasteiger partial charge in [-0.25, -0.2) is 0 Å². The molecule has 2 aromatic carbocycles. The van der Waals surface area contributed by atoms with Gasteiger partial charge in [0.1, 0.15) is 0 Å². The van der Waals surface area contributed by atoms with Crippen LogP contribution in [-0.4, -0.2) is 22.3 Å². The van der Waals surface area contributed by atoms with Crippen LogP contribution in [0.1, 0.15) is 21.5 Å². The van der Waals surface area contributed by atoms with Crippen LogP contribution in [0, 0.1) is 6.92 Å². The predicted octanol–water partition coefficient (Wildman–Crippen LogP) is 3.79. The van der Waals surface area contributed by atoms with Crippen molar-refractivity contribution in [3.05, 3.63) is 82.4 Å². The van der Waals surface area contributed by atoms with Crippen molar-refractivity contribution in [2.75, 3.05) is 5.75 Å². The molecule has 3 nitrogen and oxygen atoms in total. The van der Waals surface area contributed by atoms with Crippen LogP contribution in [0.15, 0.2) is 65.7 Å². The maximum Gasteiger partial charge on any atom is 0.238 e. The topological polar surface area (TPSA) is 37.4 Å². The first-order valence-electron chi connectivity index (χ1n) is 7.44. The number of benzene rings is 2. The highest BCUT2D eigenvalue weighted by molar-refractivity contribution is 8.04. The fraction of sp³-hybridized carbons (Fsp3) is 0.158. The second-order valence-corrected chi connectivity index (χ2v) is 6.41. The summed E-state index contributed by atoms with van der Waals surface area (Å²) in [6, 6.07) is 17.3. The van der Waals surface area contributed by atoms with E-state index < -0.39 is 0 Å². The van der Waals surface area contributed by atoms with Crippen molar-refractivity contribution in [1.82, 2.24) is 4.90 Å². The van der Waals surface area contributed by atoms with E-state index in [2.05, 4.69) is 0 Å². The number of amides is 1. The molecule has 0 N–H and O–H groups in total. The number of carbonyl (C=O) groups excluding carboxylic acids is 2. The average molecular weight is 323 g/mol. The highest BCUT2D eigenvalue weighted by Gasteiger charge is 2.27. The molecule has 1 amide bonds. The minimum Gasteiger partial charge on any atom is -0.301 e. The van der Waals surface area contributed by atoms with E-state index in [1.807, 2.05) is 61.5 Å². The van der Waals surface area contributed by atoms with E-state index in [1.165, 1.54) is 11.8 Å². The Labute approximate surface area is 140 Å². The lowest BCUT2D eigenvalue weighted by Crippen LogP contribution is -2.24. The Balaban J connectivity index is 1.84. The Kier molecular flexibility index (Phi) is 4.63. The Bertz CT molecular complexity index is 768. The van der Waals surface area contributed by atoms with Gasteiger partial charge in [0.2, 0.25) is 5.91 Å². The normalized spacial score (nSPS) is 16.1. The molecule has 1 saturated heterocycles. The van der Waals surface area contributed by atoms with Gasteiger partial charge < -0.3 is 4.90 Å². The summed E-state index contributed by atoms with van der Waals surface area (Å²) in [6.07, 6.45) is 1.58. The van der Waals surface area contributed by atoms with Gasteiger partial charge in [0, 0.05) is 11.6 Å². The smallest absolute Gasteiger partial charge is 0.238 e. The summed E-state index contributed by atoms with van der Waals surface area (Å²) in [5.74, 6) is 0.376. The van der Waals surface area contributed by atoms with E-state index in [4.69, 9.17) is 0 Å².